The molecule has 10 nitrogen and oxygen atoms in total. The van der Waals surface area contributed by atoms with Crippen LogP contribution in [0.3, 0.4) is 0 Å². The number of ether oxygens (including phenoxy) is 5. The maximum atomic E-state index is 13.0. The number of esters is 4. The van der Waals surface area contributed by atoms with Crippen molar-refractivity contribution in [1.29, 1.82) is 0 Å². The normalized spacial score (nSPS) is 23.0. The molecule has 0 aromatic heterocycles. The van der Waals surface area contributed by atoms with E-state index in [1.807, 2.05) is 42.5 Å². The van der Waals surface area contributed by atoms with E-state index in [0.717, 1.165) is 37.1 Å². The number of hydrogen-bond acceptors (Lipinski definition) is 10. The van der Waals surface area contributed by atoms with Gasteiger partial charge in [-0.15, -0.1) is 0 Å². The number of hydrogen-bond donors (Lipinski definition) is 0. The van der Waals surface area contributed by atoms with E-state index < -0.39 is 54.4 Å². The molecule has 0 N–H and O–H groups in total. The summed E-state index contributed by atoms with van der Waals surface area (Å²) in [4.78, 5) is 60.1. The Morgan fingerprint density at radius 2 is 1.32 bits per heavy atom. The zero-order valence-electron chi connectivity index (χ0n) is 21.6. The van der Waals surface area contributed by atoms with E-state index in [9.17, 15) is 24.0 Å². The molecular formula is C28H30O10. The minimum atomic E-state index is -1.31. The number of rotatable bonds is 9. The molecule has 202 valence electrons. The fraction of sp³-hybridized carbons (Fsp3) is 0.393. The van der Waals surface area contributed by atoms with Gasteiger partial charge in [-0.3, -0.25) is 24.0 Å². The lowest BCUT2D eigenvalue weighted by Crippen LogP contribution is -2.62. The topological polar surface area (TPSA) is 132 Å². The van der Waals surface area contributed by atoms with Gasteiger partial charge in [0.25, 0.3) is 0 Å². The van der Waals surface area contributed by atoms with Gasteiger partial charge in [0.1, 0.15) is 18.8 Å². The van der Waals surface area contributed by atoms with Gasteiger partial charge in [-0.1, -0.05) is 42.5 Å². The average molecular weight is 527 g/mol. The van der Waals surface area contributed by atoms with E-state index in [0.29, 0.717) is 0 Å². The first-order valence-electron chi connectivity index (χ1n) is 12.0. The van der Waals surface area contributed by atoms with Crippen LogP contribution in [0.15, 0.2) is 48.5 Å². The molecule has 0 saturated carbocycles. The van der Waals surface area contributed by atoms with E-state index in [1.165, 1.54) is 13.0 Å². The second-order valence-corrected chi connectivity index (χ2v) is 8.85. The van der Waals surface area contributed by atoms with Crippen molar-refractivity contribution < 1.29 is 47.7 Å². The Balaban J connectivity index is 1.87. The maximum Gasteiger partial charge on any atom is 0.303 e. The summed E-state index contributed by atoms with van der Waals surface area (Å²) in [6.07, 6.45) is -3.27. The molecule has 0 radical (unpaired) electrons. The minimum absolute atomic E-state index is 0.261. The minimum Gasteiger partial charge on any atom is -0.463 e. The standard InChI is InChI=1S/C28H30O10/c1-16(29)34-15-25-27(36-18(3)31)28(37-19(4)32)26(35-17(2)30)24(38-25)14-23(33)12-10-20-9-11-21-7-5-6-8-22(21)13-20/h5-13,24-28H,14-15H2,1-4H3/b12-10+/t24-,25+,26-,27+,28+/m0/s1. The molecule has 0 bridgehead atoms. The van der Waals surface area contributed by atoms with E-state index in [2.05, 4.69) is 0 Å². The first kappa shape index (κ1) is 28.5. The highest BCUT2D eigenvalue weighted by Crippen LogP contribution is 2.31. The van der Waals surface area contributed by atoms with Gasteiger partial charge in [0, 0.05) is 34.1 Å². The van der Waals surface area contributed by atoms with Crippen LogP contribution in [-0.4, -0.2) is 66.8 Å². The zero-order chi connectivity index (χ0) is 27.8. The molecule has 2 aromatic rings. The summed E-state index contributed by atoms with van der Waals surface area (Å²) in [5, 5.41) is 2.08. The molecule has 1 aliphatic heterocycles. The largest absolute Gasteiger partial charge is 0.463 e. The second-order valence-electron chi connectivity index (χ2n) is 8.85. The van der Waals surface area contributed by atoms with Crippen LogP contribution < -0.4 is 0 Å². The van der Waals surface area contributed by atoms with Crippen LogP contribution in [0, 0.1) is 0 Å². The van der Waals surface area contributed by atoms with Crippen LogP contribution >= 0.6 is 0 Å². The lowest BCUT2D eigenvalue weighted by Gasteiger charge is -2.44. The van der Waals surface area contributed by atoms with Crippen molar-refractivity contribution in [2.75, 3.05) is 6.61 Å². The Morgan fingerprint density at radius 1 is 0.737 bits per heavy atom. The fourth-order valence-electron chi connectivity index (χ4n) is 4.25. The van der Waals surface area contributed by atoms with Gasteiger partial charge >= 0.3 is 23.9 Å². The molecule has 0 spiro atoms. The molecule has 1 aliphatic rings. The molecule has 1 heterocycles. The molecular weight excluding hydrogens is 496 g/mol. The number of fused-ring (bicyclic) bond motifs is 1. The summed E-state index contributed by atoms with van der Waals surface area (Å²) in [5.74, 6) is -3.16. The zero-order valence-corrected chi connectivity index (χ0v) is 21.6. The Morgan fingerprint density at radius 3 is 1.92 bits per heavy atom. The van der Waals surface area contributed by atoms with Gasteiger partial charge in [0.2, 0.25) is 0 Å². The third-order valence-corrected chi connectivity index (χ3v) is 5.72. The highest BCUT2D eigenvalue weighted by atomic mass is 16.7. The molecule has 10 heteroatoms. The number of allylic oxidation sites excluding steroid dienone is 1. The molecule has 0 amide bonds. The van der Waals surface area contributed by atoms with Crippen LogP contribution in [0.2, 0.25) is 0 Å². The van der Waals surface area contributed by atoms with Crippen molar-refractivity contribution in [2.24, 2.45) is 0 Å². The summed E-state index contributed by atoms with van der Waals surface area (Å²) in [7, 11) is 0. The van der Waals surface area contributed by atoms with E-state index in [1.54, 1.807) is 6.08 Å². The lowest BCUT2D eigenvalue weighted by atomic mass is 9.91. The highest BCUT2D eigenvalue weighted by molar-refractivity contribution is 5.95. The summed E-state index contributed by atoms with van der Waals surface area (Å²) < 4.78 is 27.2. The van der Waals surface area contributed by atoms with Crippen molar-refractivity contribution in [3.05, 3.63) is 54.1 Å². The van der Waals surface area contributed by atoms with Gasteiger partial charge in [-0.05, 0) is 28.5 Å². The van der Waals surface area contributed by atoms with Crippen LogP contribution in [0.4, 0.5) is 0 Å². The second kappa shape index (κ2) is 13.0. The monoisotopic (exact) mass is 526 g/mol. The fourth-order valence-corrected chi connectivity index (χ4v) is 4.25. The van der Waals surface area contributed by atoms with Crippen molar-refractivity contribution in [3.8, 4) is 0 Å². The van der Waals surface area contributed by atoms with Crippen LogP contribution in [0.25, 0.3) is 16.8 Å². The van der Waals surface area contributed by atoms with E-state index in [-0.39, 0.29) is 18.8 Å². The van der Waals surface area contributed by atoms with Gasteiger partial charge < -0.3 is 23.7 Å². The summed E-state index contributed by atoms with van der Waals surface area (Å²) in [6, 6.07) is 13.6. The van der Waals surface area contributed by atoms with Crippen molar-refractivity contribution in [1.82, 2.24) is 0 Å². The number of carbonyl (C=O) groups is 5. The van der Waals surface area contributed by atoms with Crippen LogP contribution in [0.1, 0.15) is 39.7 Å². The van der Waals surface area contributed by atoms with Gasteiger partial charge in [-0.2, -0.15) is 0 Å². The predicted octanol–water partition coefficient (Wildman–Crippen LogP) is 2.94. The molecule has 5 atom stereocenters. The number of ketones is 1. The van der Waals surface area contributed by atoms with Gasteiger partial charge in [-0.25, -0.2) is 0 Å². The van der Waals surface area contributed by atoms with Gasteiger partial charge in [0.05, 0.1) is 0 Å². The van der Waals surface area contributed by atoms with Crippen LogP contribution in [-0.2, 0) is 47.7 Å². The SMILES string of the molecule is CC(=O)OC[C@H]1O[C@@H](CC(=O)/C=C/c2ccc3ccccc3c2)[C@H](OC(C)=O)[C@@H](OC(C)=O)[C@@H]1OC(C)=O. The molecule has 0 aliphatic carbocycles. The third-order valence-electron chi connectivity index (χ3n) is 5.72. The van der Waals surface area contributed by atoms with Crippen LogP contribution in [0.5, 0.6) is 0 Å². The lowest BCUT2D eigenvalue weighted by molar-refractivity contribution is -0.252. The molecule has 1 saturated heterocycles. The molecule has 1 fully saturated rings. The smallest absolute Gasteiger partial charge is 0.303 e. The van der Waals surface area contributed by atoms with Gasteiger partial charge in [0.15, 0.2) is 24.1 Å². The molecule has 2 aromatic carbocycles. The summed E-state index contributed by atoms with van der Waals surface area (Å²) in [5.41, 5.74) is 0.804. The molecule has 38 heavy (non-hydrogen) atoms. The Hall–Kier alpha value is -4.05. The Kier molecular flexibility index (Phi) is 9.72. The van der Waals surface area contributed by atoms with E-state index >= 15 is 0 Å². The number of carbonyl (C=O) groups excluding carboxylic acids is 5. The van der Waals surface area contributed by atoms with Crippen molar-refractivity contribution >= 4 is 46.5 Å². The quantitative estimate of drug-likeness (QED) is 0.273. The average Bonchev–Trinajstić information content (AvgIpc) is 2.84. The van der Waals surface area contributed by atoms with E-state index in [4.69, 9.17) is 23.7 Å². The Labute approximate surface area is 219 Å². The molecule has 0 unspecified atom stereocenters. The Bertz CT molecular complexity index is 1230. The first-order valence-corrected chi connectivity index (χ1v) is 12.0. The number of benzene rings is 2. The first-order chi connectivity index (χ1) is 18.0. The van der Waals surface area contributed by atoms with Crippen molar-refractivity contribution in [3.63, 3.8) is 0 Å². The third kappa shape index (κ3) is 7.97. The summed E-state index contributed by atoms with van der Waals surface area (Å²) in [6.45, 7) is 4.26. The maximum absolute atomic E-state index is 13.0. The van der Waals surface area contributed by atoms with Crippen molar-refractivity contribution in [2.45, 2.75) is 64.6 Å². The summed E-state index contributed by atoms with van der Waals surface area (Å²) >= 11 is 0. The highest BCUT2D eigenvalue weighted by Gasteiger charge is 2.52. The molecule has 3 rings (SSSR count). The predicted molar refractivity (Wildman–Crippen MR) is 135 cm³/mol.